The van der Waals surface area contributed by atoms with Crippen molar-refractivity contribution in [1.29, 1.82) is 0 Å². The number of amides is 2. The number of carbonyl (C=O) groups excluding carboxylic acids is 2. The van der Waals surface area contributed by atoms with Gasteiger partial charge in [-0.15, -0.1) is 0 Å². The fourth-order valence-electron chi connectivity index (χ4n) is 4.43. The molecule has 2 heterocycles. The quantitative estimate of drug-likeness (QED) is 0.305. The molecule has 0 unspecified atom stereocenters. The topological polar surface area (TPSA) is 102 Å². The van der Waals surface area contributed by atoms with Crippen molar-refractivity contribution in [1.82, 2.24) is 15.1 Å². The van der Waals surface area contributed by atoms with Gasteiger partial charge in [-0.25, -0.2) is 0 Å². The molecule has 2 amide bonds. The van der Waals surface area contributed by atoms with Crippen LogP contribution in [0.15, 0.2) is 93.6 Å². The van der Waals surface area contributed by atoms with Crippen LogP contribution in [-0.2, 0) is 22.4 Å². The number of hydrogen-bond donors (Lipinski definition) is 2. The molecule has 0 spiro atoms. The van der Waals surface area contributed by atoms with Gasteiger partial charge in [0.05, 0.1) is 12.8 Å². The van der Waals surface area contributed by atoms with Crippen LogP contribution in [0.2, 0.25) is 5.02 Å². The number of rotatable bonds is 8. The number of aryl methyl sites for hydroxylation is 2. The Balaban J connectivity index is 1.34. The first-order valence-electron chi connectivity index (χ1n) is 12.8. The van der Waals surface area contributed by atoms with Crippen LogP contribution in [0.5, 0.6) is 5.75 Å². The minimum atomic E-state index is -0.649. The van der Waals surface area contributed by atoms with Gasteiger partial charge in [0, 0.05) is 27.6 Å². The molecule has 5 rings (SSSR count). The van der Waals surface area contributed by atoms with Gasteiger partial charge in [0.15, 0.2) is 0 Å². The highest BCUT2D eigenvalue weighted by Gasteiger charge is 2.25. The van der Waals surface area contributed by atoms with E-state index in [2.05, 4.69) is 15.7 Å². The number of halogens is 1. The van der Waals surface area contributed by atoms with E-state index in [1.165, 1.54) is 16.4 Å². The second-order valence-corrected chi connectivity index (χ2v) is 10.8. The average molecular weight is 575 g/mol. The Hall–Kier alpha value is -4.08. The first kappa shape index (κ1) is 27.5. The average Bonchev–Trinajstić information content (AvgIpc) is 3.12. The fourth-order valence-corrected chi connectivity index (χ4v) is 5.40. The summed E-state index contributed by atoms with van der Waals surface area (Å²) in [5, 5.41) is 11.5. The molecule has 0 radical (unpaired) electrons. The Bertz CT molecular complexity index is 1590. The summed E-state index contributed by atoms with van der Waals surface area (Å²) in [6, 6.07) is 23.0. The normalized spacial score (nSPS) is 14.6. The molecular weight excluding hydrogens is 548 g/mol. The Kier molecular flexibility index (Phi) is 8.52. The van der Waals surface area contributed by atoms with Gasteiger partial charge >= 0.3 is 0 Å². The second kappa shape index (κ2) is 12.4. The van der Waals surface area contributed by atoms with Gasteiger partial charge in [0.2, 0.25) is 11.8 Å². The molecule has 1 atom stereocenters. The van der Waals surface area contributed by atoms with E-state index in [9.17, 15) is 14.4 Å². The molecule has 204 valence electrons. The van der Waals surface area contributed by atoms with Gasteiger partial charge in [-0.2, -0.15) is 9.78 Å². The van der Waals surface area contributed by atoms with Crippen molar-refractivity contribution in [3.63, 3.8) is 0 Å². The predicted molar refractivity (Wildman–Crippen MR) is 156 cm³/mol. The first-order chi connectivity index (χ1) is 19.4. The lowest BCUT2D eigenvalue weighted by molar-refractivity contribution is -0.126. The lowest BCUT2D eigenvalue weighted by Gasteiger charge is -2.15. The first-order valence-corrected chi connectivity index (χ1v) is 14.0. The molecule has 40 heavy (non-hydrogen) atoms. The van der Waals surface area contributed by atoms with Crippen molar-refractivity contribution in [3.05, 3.63) is 105 Å². The van der Waals surface area contributed by atoms with Gasteiger partial charge in [-0.1, -0.05) is 41.6 Å². The number of nitrogens with one attached hydrogen (secondary N) is 2. The van der Waals surface area contributed by atoms with Crippen molar-refractivity contribution in [3.8, 4) is 11.4 Å². The highest BCUT2D eigenvalue weighted by Crippen LogP contribution is 2.28. The maximum atomic E-state index is 13.4. The third-order valence-electron chi connectivity index (χ3n) is 6.57. The van der Waals surface area contributed by atoms with Crippen molar-refractivity contribution < 1.29 is 14.3 Å². The second-order valence-electron chi connectivity index (χ2n) is 9.28. The number of carbonyl (C=O) groups is 2. The number of aromatic nitrogens is 2. The number of para-hydroxylation sites is 1. The molecule has 8 nitrogen and oxygen atoms in total. The van der Waals surface area contributed by atoms with Crippen LogP contribution in [0.4, 0.5) is 5.69 Å². The zero-order valence-corrected chi connectivity index (χ0v) is 23.3. The van der Waals surface area contributed by atoms with Gasteiger partial charge < -0.3 is 15.4 Å². The van der Waals surface area contributed by atoms with Crippen molar-refractivity contribution in [2.24, 2.45) is 0 Å². The van der Waals surface area contributed by atoms with E-state index in [0.717, 1.165) is 16.1 Å². The molecular formula is C30H27ClN4O4S. The standard InChI is InChI=1S/C30H27ClN4O4S/c1-39-23-12-10-22(11-13-23)35-30(38)20(18-28(34-35)40-24-14-8-21(31)9-15-24)7-17-27(36)32-26-16-6-19-4-2-3-5-25(19)33-29(26)37/h2-5,8-15,18,26H,6-7,16-17H2,1H3,(H,32,36)(H,33,37)/t26-/m1/s1. The van der Waals surface area contributed by atoms with Crippen LogP contribution in [-0.4, -0.2) is 34.7 Å². The highest BCUT2D eigenvalue weighted by molar-refractivity contribution is 7.99. The Labute approximate surface area is 240 Å². The maximum Gasteiger partial charge on any atom is 0.274 e. The molecule has 4 aromatic rings. The number of hydrogen-bond acceptors (Lipinski definition) is 6. The number of fused-ring (bicyclic) bond motifs is 1. The Morgan fingerprint density at radius 3 is 2.60 bits per heavy atom. The molecule has 0 aliphatic carbocycles. The zero-order valence-electron chi connectivity index (χ0n) is 21.7. The molecule has 0 fully saturated rings. The largest absolute Gasteiger partial charge is 0.497 e. The smallest absolute Gasteiger partial charge is 0.274 e. The van der Waals surface area contributed by atoms with E-state index >= 15 is 0 Å². The molecule has 1 aliphatic heterocycles. The van der Waals surface area contributed by atoms with Crippen molar-refractivity contribution >= 4 is 40.9 Å². The van der Waals surface area contributed by atoms with Crippen molar-refractivity contribution in [2.75, 3.05) is 12.4 Å². The monoisotopic (exact) mass is 574 g/mol. The van der Waals surface area contributed by atoms with E-state index in [-0.39, 0.29) is 30.2 Å². The molecule has 10 heteroatoms. The molecule has 3 aromatic carbocycles. The van der Waals surface area contributed by atoms with Crippen LogP contribution in [0.3, 0.4) is 0 Å². The van der Waals surface area contributed by atoms with E-state index in [1.54, 1.807) is 49.6 Å². The highest BCUT2D eigenvalue weighted by atomic mass is 35.5. The lowest BCUT2D eigenvalue weighted by Crippen LogP contribution is -2.43. The summed E-state index contributed by atoms with van der Waals surface area (Å²) in [7, 11) is 1.57. The third kappa shape index (κ3) is 6.55. The summed E-state index contributed by atoms with van der Waals surface area (Å²) in [6.07, 6.45) is 1.40. The van der Waals surface area contributed by atoms with Crippen LogP contribution in [0.1, 0.15) is 24.0 Å². The minimum absolute atomic E-state index is 0.0453. The summed E-state index contributed by atoms with van der Waals surface area (Å²) in [5.74, 6) is 0.113. The summed E-state index contributed by atoms with van der Waals surface area (Å²) in [6.45, 7) is 0. The molecule has 1 aliphatic rings. The number of methoxy groups -OCH3 is 1. The van der Waals surface area contributed by atoms with E-state index < -0.39 is 6.04 Å². The zero-order chi connectivity index (χ0) is 28.1. The Morgan fingerprint density at radius 2 is 1.85 bits per heavy atom. The van der Waals surface area contributed by atoms with Gasteiger partial charge in [-0.3, -0.25) is 14.4 Å². The van der Waals surface area contributed by atoms with Crippen LogP contribution < -0.4 is 20.9 Å². The summed E-state index contributed by atoms with van der Waals surface area (Å²) in [4.78, 5) is 40.0. The minimum Gasteiger partial charge on any atom is -0.497 e. The number of benzene rings is 3. The van der Waals surface area contributed by atoms with Crippen LogP contribution >= 0.6 is 23.4 Å². The van der Waals surface area contributed by atoms with Crippen molar-refractivity contribution in [2.45, 2.75) is 41.6 Å². The number of anilines is 1. The van der Waals surface area contributed by atoms with E-state index in [1.807, 2.05) is 36.4 Å². The number of ether oxygens (including phenoxy) is 1. The predicted octanol–water partition coefficient (Wildman–Crippen LogP) is 5.05. The van der Waals surface area contributed by atoms with Crippen LogP contribution in [0, 0.1) is 0 Å². The fraction of sp³-hybridized carbons (Fsp3) is 0.200. The lowest BCUT2D eigenvalue weighted by atomic mass is 10.1. The molecule has 1 aromatic heterocycles. The van der Waals surface area contributed by atoms with E-state index in [0.29, 0.717) is 39.9 Å². The number of nitrogens with zero attached hydrogens (tertiary/aromatic N) is 2. The summed E-state index contributed by atoms with van der Waals surface area (Å²) in [5.41, 5.74) is 2.50. The summed E-state index contributed by atoms with van der Waals surface area (Å²) >= 11 is 7.42. The molecule has 0 saturated carbocycles. The van der Waals surface area contributed by atoms with Crippen LogP contribution in [0.25, 0.3) is 5.69 Å². The SMILES string of the molecule is COc1ccc(-n2nc(Sc3ccc(Cl)cc3)cc(CCC(=O)N[C@@H]3CCc4ccccc4NC3=O)c2=O)cc1. The molecule has 0 bridgehead atoms. The third-order valence-corrected chi connectivity index (χ3v) is 7.74. The maximum absolute atomic E-state index is 13.4. The molecule has 0 saturated heterocycles. The van der Waals surface area contributed by atoms with Gasteiger partial charge in [-0.05, 0) is 85.5 Å². The van der Waals surface area contributed by atoms with E-state index in [4.69, 9.17) is 16.3 Å². The van der Waals surface area contributed by atoms with Gasteiger partial charge in [0.1, 0.15) is 16.8 Å². The molecule has 2 N–H and O–H groups in total. The van der Waals surface area contributed by atoms with Gasteiger partial charge in [0.25, 0.3) is 5.56 Å². The summed E-state index contributed by atoms with van der Waals surface area (Å²) < 4.78 is 6.57. The Morgan fingerprint density at radius 1 is 1.10 bits per heavy atom.